The molecule has 1 N–H and O–H groups in total. The first-order chi connectivity index (χ1) is 12.5. The SMILES string of the molecule is Cc1cc(CNS(=O)(=O)c2ccc(C#N)cc2)nc(N2CCCCC2)n1. The quantitative estimate of drug-likeness (QED) is 0.864. The first-order valence-electron chi connectivity index (χ1n) is 8.57. The van der Waals surface area contributed by atoms with Gasteiger partial charge in [-0.05, 0) is 56.5 Å². The smallest absolute Gasteiger partial charge is 0.240 e. The van der Waals surface area contributed by atoms with Crippen LogP contribution >= 0.6 is 0 Å². The first kappa shape index (κ1) is 18.3. The lowest BCUT2D eigenvalue weighted by molar-refractivity contribution is 0.565. The Bertz CT molecular complexity index is 914. The topological polar surface area (TPSA) is 99.0 Å². The van der Waals surface area contributed by atoms with Crippen LogP contribution in [-0.2, 0) is 16.6 Å². The standard InChI is InChI=1S/C18H21N5O2S/c1-14-11-16(22-18(21-14)23-9-3-2-4-10-23)13-20-26(24,25)17-7-5-15(12-19)6-8-17/h5-8,11,20H,2-4,9-10,13H2,1H3. The Balaban J connectivity index is 1.74. The van der Waals surface area contributed by atoms with Crippen LogP contribution in [0.1, 0.15) is 36.2 Å². The highest BCUT2D eigenvalue weighted by molar-refractivity contribution is 7.89. The van der Waals surface area contributed by atoms with Crippen molar-refractivity contribution in [1.29, 1.82) is 5.26 Å². The molecule has 136 valence electrons. The van der Waals surface area contributed by atoms with Crippen LogP contribution in [0.15, 0.2) is 35.2 Å². The fraction of sp³-hybridized carbons (Fsp3) is 0.389. The fourth-order valence-electron chi connectivity index (χ4n) is 2.90. The normalized spacial score (nSPS) is 14.8. The van der Waals surface area contributed by atoms with Gasteiger partial charge in [0, 0.05) is 18.8 Å². The number of anilines is 1. The van der Waals surface area contributed by atoms with Gasteiger partial charge in [0.1, 0.15) is 0 Å². The summed E-state index contributed by atoms with van der Waals surface area (Å²) in [6, 6.07) is 9.57. The van der Waals surface area contributed by atoms with Gasteiger partial charge in [-0.2, -0.15) is 5.26 Å². The van der Waals surface area contributed by atoms with Crippen molar-refractivity contribution < 1.29 is 8.42 Å². The van der Waals surface area contributed by atoms with E-state index in [1.54, 1.807) is 6.07 Å². The predicted octanol–water partition coefficient (Wildman–Crippen LogP) is 2.13. The Hall–Kier alpha value is -2.50. The van der Waals surface area contributed by atoms with E-state index in [-0.39, 0.29) is 11.4 Å². The molecule has 1 saturated heterocycles. The molecule has 1 aliphatic rings. The van der Waals surface area contributed by atoms with Gasteiger partial charge in [0.15, 0.2) is 0 Å². The summed E-state index contributed by atoms with van der Waals surface area (Å²) in [4.78, 5) is 11.3. The van der Waals surface area contributed by atoms with Crippen molar-refractivity contribution in [3.63, 3.8) is 0 Å². The minimum atomic E-state index is -3.67. The molecule has 8 heteroatoms. The van der Waals surface area contributed by atoms with E-state index in [1.807, 2.05) is 13.0 Å². The highest BCUT2D eigenvalue weighted by Gasteiger charge is 2.17. The van der Waals surface area contributed by atoms with Crippen LogP contribution in [0.5, 0.6) is 0 Å². The molecule has 0 amide bonds. The molecular formula is C18H21N5O2S. The van der Waals surface area contributed by atoms with Crippen LogP contribution in [-0.4, -0.2) is 31.5 Å². The highest BCUT2D eigenvalue weighted by atomic mass is 32.2. The van der Waals surface area contributed by atoms with Crippen molar-refractivity contribution in [1.82, 2.24) is 14.7 Å². The molecule has 2 aromatic rings. The molecule has 1 aromatic carbocycles. The summed E-state index contributed by atoms with van der Waals surface area (Å²) in [5.41, 5.74) is 1.87. The van der Waals surface area contributed by atoms with E-state index in [9.17, 15) is 8.42 Å². The van der Waals surface area contributed by atoms with Crippen LogP contribution in [0.3, 0.4) is 0 Å². The van der Waals surface area contributed by atoms with E-state index in [0.29, 0.717) is 17.2 Å². The number of hydrogen-bond donors (Lipinski definition) is 1. The molecule has 0 radical (unpaired) electrons. The summed E-state index contributed by atoms with van der Waals surface area (Å²) in [7, 11) is -3.67. The molecule has 0 saturated carbocycles. The van der Waals surface area contributed by atoms with Crippen molar-refractivity contribution >= 4 is 16.0 Å². The molecule has 1 aliphatic heterocycles. The molecule has 0 aliphatic carbocycles. The zero-order valence-corrected chi connectivity index (χ0v) is 15.5. The molecule has 1 aromatic heterocycles. The van der Waals surface area contributed by atoms with E-state index in [1.165, 1.54) is 30.7 Å². The number of piperidine rings is 1. The average molecular weight is 371 g/mol. The maximum Gasteiger partial charge on any atom is 0.240 e. The van der Waals surface area contributed by atoms with Gasteiger partial charge in [-0.3, -0.25) is 0 Å². The first-order valence-corrected chi connectivity index (χ1v) is 10.1. The van der Waals surface area contributed by atoms with E-state index in [0.717, 1.165) is 31.6 Å². The fourth-order valence-corrected chi connectivity index (χ4v) is 3.90. The summed E-state index contributed by atoms with van der Waals surface area (Å²) in [6.45, 7) is 3.83. The third-order valence-corrected chi connectivity index (χ3v) is 5.69. The lowest BCUT2D eigenvalue weighted by atomic mass is 10.1. The van der Waals surface area contributed by atoms with Crippen LogP contribution in [0.2, 0.25) is 0 Å². The predicted molar refractivity (Wildman–Crippen MR) is 98.0 cm³/mol. The number of sulfonamides is 1. The molecule has 1 fully saturated rings. The van der Waals surface area contributed by atoms with Crippen molar-refractivity contribution in [2.75, 3.05) is 18.0 Å². The van der Waals surface area contributed by atoms with Gasteiger partial charge in [-0.25, -0.2) is 23.1 Å². The van der Waals surface area contributed by atoms with Gasteiger partial charge in [0.05, 0.1) is 28.8 Å². The van der Waals surface area contributed by atoms with E-state index >= 15 is 0 Å². The summed E-state index contributed by atoms with van der Waals surface area (Å²) in [5.74, 6) is 0.664. The molecule has 0 unspecified atom stereocenters. The third kappa shape index (κ3) is 4.36. The van der Waals surface area contributed by atoms with E-state index in [4.69, 9.17) is 5.26 Å². The molecule has 0 bridgehead atoms. The van der Waals surface area contributed by atoms with Gasteiger partial charge in [0.25, 0.3) is 0 Å². The Labute approximate surface area is 153 Å². The summed E-state index contributed by atoms with van der Waals surface area (Å²) >= 11 is 0. The lowest BCUT2D eigenvalue weighted by Crippen LogP contribution is -2.32. The number of aromatic nitrogens is 2. The number of nitrogens with zero attached hydrogens (tertiary/aromatic N) is 4. The summed E-state index contributed by atoms with van der Waals surface area (Å²) in [5, 5.41) is 8.81. The Morgan fingerprint density at radius 3 is 2.50 bits per heavy atom. The number of nitriles is 1. The second-order valence-corrected chi connectivity index (χ2v) is 8.08. The van der Waals surface area contributed by atoms with Crippen LogP contribution in [0, 0.1) is 18.3 Å². The van der Waals surface area contributed by atoms with Crippen molar-refractivity contribution in [2.45, 2.75) is 37.6 Å². The van der Waals surface area contributed by atoms with Crippen LogP contribution in [0.25, 0.3) is 0 Å². The molecule has 2 heterocycles. The highest BCUT2D eigenvalue weighted by Crippen LogP contribution is 2.17. The van der Waals surface area contributed by atoms with Crippen LogP contribution in [0.4, 0.5) is 5.95 Å². The summed E-state index contributed by atoms with van der Waals surface area (Å²) < 4.78 is 27.4. The maximum absolute atomic E-state index is 12.4. The van der Waals surface area contributed by atoms with Gasteiger partial charge < -0.3 is 4.90 Å². The number of rotatable bonds is 5. The molecule has 26 heavy (non-hydrogen) atoms. The van der Waals surface area contributed by atoms with Gasteiger partial charge >= 0.3 is 0 Å². The molecule has 3 rings (SSSR count). The van der Waals surface area contributed by atoms with Gasteiger partial charge in [0.2, 0.25) is 16.0 Å². The Morgan fingerprint density at radius 1 is 1.15 bits per heavy atom. The minimum absolute atomic E-state index is 0.0898. The van der Waals surface area contributed by atoms with Crippen molar-refractivity contribution in [2.24, 2.45) is 0 Å². The summed E-state index contributed by atoms with van der Waals surface area (Å²) in [6.07, 6.45) is 3.47. The Kier molecular flexibility index (Phi) is 5.49. The average Bonchev–Trinajstić information content (AvgIpc) is 2.67. The second-order valence-electron chi connectivity index (χ2n) is 6.31. The van der Waals surface area contributed by atoms with E-state index < -0.39 is 10.0 Å². The monoisotopic (exact) mass is 371 g/mol. The van der Waals surface area contributed by atoms with Gasteiger partial charge in [-0.1, -0.05) is 0 Å². The van der Waals surface area contributed by atoms with Crippen molar-refractivity contribution in [3.05, 3.63) is 47.3 Å². The third-order valence-electron chi connectivity index (χ3n) is 4.27. The van der Waals surface area contributed by atoms with Crippen molar-refractivity contribution in [3.8, 4) is 6.07 Å². The largest absolute Gasteiger partial charge is 0.341 e. The number of benzene rings is 1. The number of aryl methyl sites for hydroxylation is 1. The van der Waals surface area contributed by atoms with E-state index in [2.05, 4.69) is 19.6 Å². The zero-order valence-electron chi connectivity index (χ0n) is 14.6. The molecule has 0 atom stereocenters. The van der Waals surface area contributed by atoms with Gasteiger partial charge in [-0.15, -0.1) is 0 Å². The number of hydrogen-bond acceptors (Lipinski definition) is 6. The molecule has 0 spiro atoms. The Morgan fingerprint density at radius 2 is 1.85 bits per heavy atom. The lowest BCUT2D eigenvalue weighted by Gasteiger charge is -2.27. The van der Waals surface area contributed by atoms with Crippen LogP contribution < -0.4 is 9.62 Å². The molecule has 7 nitrogen and oxygen atoms in total. The maximum atomic E-state index is 12.4. The molecular weight excluding hydrogens is 350 g/mol. The minimum Gasteiger partial charge on any atom is -0.341 e. The second kappa shape index (κ2) is 7.81. The zero-order chi connectivity index (χ0) is 18.6. The number of nitrogens with one attached hydrogen (secondary N) is 1.